The first kappa shape index (κ1) is 19.5. The molecule has 0 radical (unpaired) electrons. The molecule has 0 spiro atoms. The molecule has 2 unspecified atom stereocenters. The lowest BCUT2D eigenvalue weighted by molar-refractivity contribution is 0.662. The van der Waals surface area contributed by atoms with Crippen molar-refractivity contribution in [3.05, 3.63) is 137 Å². The zero-order valence-corrected chi connectivity index (χ0v) is 19.9. The Kier molecular flexibility index (Phi) is 4.09. The molecule has 1 heterocycles. The Morgan fingerprint density at radius 1 is 0.571 bits per heavy atom. The van der Waals surface area contributed by atoms with Gasteiger partial charge < -0.3 is 0 Å². The Labute approximate surface area is 209 Å². The average Bonchev–Trinajstić information content (AvgIpc) is 3.31. The van der Waals surface area contributed by atoms with E-state index < -0.39 is 0 Å². The average molecular weight is 463 g/mol. The highest BCUT2D eigenvalue weighted by molar-refractivity contribution is 8.03. The van der Waals surface area contributed by atoms with Crippen LogP contribution in [0.25, 0.3) is 43.4 Å². The molecule has 0 aromatic heterocycles. The molecule has 2 atom stereocenters. The van der Waals surface area contributed by atoms with Crippen LogP contribution in [0.5, 0.6) is 0 Å². The van der Waals surface area contributed by atoms with Crippen molar-refractivity contribution < 1.29 is 0 Å². The van der Waals surface area contributed by atoms with E-state index in [1.54, 1.807) is 0 Å². The molecule has 164 valence electrons. The maximum Gasteiger partial charge on any atom is 0.0268 e. The number of fused-ring (bicyclic) bond motifs is 11. The monoisotopic (exact) mass is 462 g/mol. The molecule has 0 saturated heterocycles. The van der Waals surface area contributed by atoms with Gasteiger partial charge in [-0.1, -0.05) is 115 Å². The van der Waals surface area contributed by atoms with Crippen molar-refractivity contribution in [2.75, 3.05) is 0 Å². The maximum atomic E-state index is 2.45. The van der Waals surface area contributed by atoms with Crippen molar-refractivity contribution in [1.29, 1.82) is 0 Å². The van der Waals surface area contributed by atoms with Gasteiger partial charge in [-0.05, 0) is 77.7 Å². The summed E-state index contributed by atoms with van der Waals surface area (Å²) in [4.78, 5) is 2.88. The summed E-state index contributed by atoms with van der Waals surface area (Å²) in [6.07, 6.45) is 13.6. The third-order valence-electron chi connectivity index (χ3n) is 7.86. The van der Waals surface area contributed by atoms with Crippen LogP contribution in [0, 0.1) is 5.92 Å². The molecule has 0 fully saturated rings. The lowest BCUT2D eigenvalue weighted by atomic mass is 9.76. The van der Waals surface area contributed by atoms with E-state index in [9.17, 15) is 0 Å². The SMILES string of the molecule is C1=CC2=CC=C3Sc4ccc(-c5ccc6c7ccccc7c7ccccc7c6c5)cc4C3C2C=C1. The second-order valence-corrected chi connectivity index (χ2v) is 10.8. The third kappa shape index (κ3) is 2.82. The summed E-state index contributed by atoms with van der Waals surface area (Å²) in [5, 5.41) is 7.96. The Morgan fingerprint density at radius 2 is 1.23 bits per heavy atom. The molecule has 0 nitrogen and oxygen atoms in total. The van der Waals surface area contributed by atoms with Gasteiger partial charge in [-0.25, -0.2) is 0 Å². The van der Waals surface area contributed by atoms with Crippen LogP contribution >= 0.6 is 11.8 Å². The molecule has 35 heavy (non-hydrogen) atoms. The topological polar surface area (TPSA) is 0 Å². The van der Waals surface area contributed by atoms with Crippen molar-refractivity contribution >= 4 is 44.1 Å². The summed E-state index contributed by atoms with van der Waals surface area (Å²) in [7, 11) is 0. The lowest BCUT2D eigenvalue weighted by Gasteiger charge is -2.28. The van der Waals surface area contributed by atoms with Gasteiger partial charge in [0.1, 0.15) is 0 Å². The molecular weight excluding hydrogens is 440 g/mol. The fourth-order valence-corrected chi connectivity index (χ4v) is 7.45. The lowest BCUT2D eigenvalue weighted by Crippen LogP contribution is -2.15. The van der Waals surface area contributed by atoms with Crippen molar-refractivity contribution in [3.63, 3.8) is 0 Å². The van der Waals surface area contributed by atoms with Gasteiger partial charge in [0.25, 0.3) is 0 Å². The fraction of sp³-hybridized carbons (Fsp3) is 0.0588. The van der Waals surface area contributed by atoms with Gasteiger partial charge in [-0.3, -0.25) is 0 Å². The predicted molar refractivity (Wildman–Crippen MR) is 151 cm³/mol. The molecule has 0 bridgehead atoms. The molecule has 1 heteroatoms. The number of benzene rings is 5. The molecule has 8 rings (SSSR count). The van der Waals surface area contributed by atoms with Gasteiger partial charge >= 0.3 is 0 Å². The first-order valence-electron chi connectivity index (χ1n) is 12.3. The van der Waals surface area contributed by atoms with Crippen molar-refractivity contribution in [1.82, 2.24) is 0 Å². The van der Waals surface area contributed by atoms with Crippen LogP contribution < -0.4 is 0 Å². The first-order valence-corrected chi connectivity index (χ1v) is 13.1. The van der Waals surface area contributed by atoms with Gasteiger partial charge in [0, 0.05) is 16.7 Å². The standard InChI is InChI=1S/C34H22S/c1-2-8-24-21(7-1)14-18-33-34(24)31-20-23(15-17-32(31)35-33)22-13-16-29-27-11-4-3-9-25(27)26-10-5-6-12-28(26)30(29)19-22/h1-20,24,34H. The molecule has 5 aromatic rings. The third-order valence-corrected chi connectivity index (χ3v) is 9.08. The van der Waals surface area contributed by atoms with E-state index >= 15 is 0 Å². The van der Waals surface area contributed by atoms with E-state index in [1.165, 1.54) is 64.4 Å². The van der Waals surface area contributed by atoms with Gasteiger partial charge in [0.15, 0.2) is 0 Å². The highest BCUT2D eigenvalue weighted by Crippen LogP contribution is 2.56. The summed E-state index contributed by atoms with van der Waals surface area (Å²) in [6, 6.07) is 31.7. The van der Waals surface area contributed by atoms with Crippen LogP contribution in [0.15, 0.2) is 137 Å². The Bertz CT molecular complexity index is 1790. The van der Waals surface area contributed by atoms with Crippen LogP contribution in [-0.2, 0) is 0 Å². The summed E-state index contributed by atoms with van der Waals surface area (Å²) in [6.45, 7) is 0. The van der Waals surface area contributed by atoms with Crippen LogP contribution in [0.4, 0.5) is 0 Å². The zero-order chi connectivity index (χ0) is 22.9. The second-order valence-electron chi connectivity index (χ2n) is 9.69. The fourth-order valence-electron chi connectivity index (χ4n) is 6.22. The molecule has 2 aliphatic carbocycles. The summed E-state index contributed by atoms with van der Waals surface area (Å²) >= 11 is 1.94. The van der Waals surface area contributed by atoms with Gasteiger partial charge in [-0.2, -0.15) is 0 Å². The van der Waals surface area contributed by atoms with E-state index in [4.69, 9.17) is 0 Å². The minimum atomic E-state index is 0.432. The largest absolute Gasteiger partial charge is 0.0936 e. The molecule has 0 amide bonds. The number of hydrogen-bond acceptors (Lipinski definition) is 1. The Morgan fingerprint density at radius 3 is 2.00 bits per heavy atom. The minimum absolute atomic E-state index is 0.432. The van der Waals surface area contributed by atoms with Crippen molar-refractivity contribution in [2.45, 2.75) is 10.8 Å². The predicted octanol–water partition coefficient (Wildman–Crippen LogP) is 9.57. The van der Waals surface area contributed by atoms with Crippen LogP contribution in [0.1, 0.15) is 11.5 Å². The maximum absolute atomic E-state index is 2.45. The van der Waals surface area contributed by atoms with Gasteiger partial charge in [0.05, 0.1) is 0 Å². The molecule has 0 N–H and O–H groups in total. The quantitative estimate of drug-likeness (QED) is 0.223. The summed E-state index contributed by atoms with van der Waals surface area (Å²) in [5.74, 6) is 0.872. The van der Waals surface area contributed by atoms with Crippen LogP contribution in [0.3, 0.4) is 0 Å². The minimum Gasteiger partial charge on any atom is -0.0936 e. The number of thioether (sulfide) groups is 1. The smallest absolute Gasteiger partial charge is 0.0268 e. The summed E-state index contributed by atoms with van der Waals surface area (Å²) < 4.78 is 0. The van der Waals surface area contributed by atoms with Crippen molar-refractivity contribution in [2.24, 2.45) is 5.92 Å². The van der Waals surface area contributed by atoms with Gasteiger partial charge in [-0.15, -0.1) is 0 Å². The molecular formula is C34H22S. The molecule has 3 aliphatic rings. The van der Waals surface area contributed by atoms with E-state index in [0.717, 1.165) is 0 Å². The van der Waals surface area contributed by atoms with Crippen LogP contribution in [-0.4, -0.2) is 0 Å². The summed E-state index contributed by atoms with van der Waals surface area (Å²) in [5.41, 5.74) is 5.48. The number of hydrogen-bond donors (Lipinski definition) is 0. The van der Waals surface area contributed by atoms with E-state index in [2.05, 4.69) is 121 Å². The normalized spacial score (nSPS) is 20.0. The van der Waals surface area contributed by atoms with E-state index in [0.29, 0.717) is 11.8 Å². The second kappa shape index (κ2) is 7.34. The number of allylic oxidation sites excluding steroid dienone is 8. The highest BCUT2D eigenvalue weighted by Gasteiger charge is 2.36. The first-order chi connectivity index (χ1) is 17.3. The Hall–Kier alpha value is -3.81. The Balaban J connectivity index is 1.32. The van der Waals surface area contributed by atoms with E-state index in [-0.39, 0.29) is 0 Å². The number of rotatable bonds is 1. The molecule has 0 saturated carbocycles. The zero-order valence-electron chi connectivity index (χ0n) is 19.1. The molecule has 5 aromatic carbocycles. The van der Waals surface area contributed by atoms with E-state index in [1.807, 2.05) is 11.8 Å². The molecule has 1 aliphatic heterocycles. The van der Waals surface area contributed by atoms with Crippen molar-refractivity contribution in [3.8, 4) is 11.1 Å². The van der Waals surface area contributed by atoms with Crippen LogP contribution in [0.2, 0.25) is 0 Å². The highest BCUT2D eigenvalue weighted by atomic mass is 32.2. The van der Waals surface area contributed by atoms with Gasteiger partial charge in [0.2, 0.25) is 0 Å².